The fourth-order valence-electron chi connectivity index (χ4n) is 1.07. The van der Waals surface area contributed by atoms with Crippen LogP contribution in [0.25, 0.3) is 0 Å². The molecule has 0 heteroatoms. The van der Waals surface area contributed by atoms with Crippen molar-refractivity contribution in [1.29, 1.82) is 0 Å². The van der Waals surface area contributed by atoms with Gasteiger partial charge >= 0.3 is 0 Å². The van der Waals surface area contributed by atoms with Gasteiger partial charge in [0.25, 0.3) is 0 Å². The van der Waals surface area contributed by atoms with E-state index in [0.717, 1.165) is 17.8 Å². The zero-order valence-corrected chi connectivity index (χ0v) is 8.15. The Morgan fingerprint density at radius 1 is 1.00 bits per heavy atom. The predicted molar refractivity (Wildman–Crippen MR) is 48.1 cm³/mol. The van der Waals surface area contributed by atoms with E-state index in [1.165, 1.54) is 12.8 Å². The summed E-state index contributed by atoms with van der Waals surface area (Å²) in [7, 11) is 0. The summed E-state index contributed by atoms with van der Waals surface area (Å²) in [6.45, 7) is 11.6. The lowest BCUT2D eigenvalue weighted by Crippen LogP contribution is -2.08. The topological polar surface area (TPSA) is 0 Å². The molecule has 0 aromatic rings. The van der Waals surface area contributed by atoms with Gasteiger partial charge in [-0.25, -0.2) is 0 Å². The molecule has 0 radical (unpaired) electrons. The van der Waals surface area contributed by atoms with E-state index < -0.39 is 0 Å². The molecule has 0 aliphatic carbocycles. The molecule has 0 amide bonds. The molecule has 0 aromatic carbocycles. The van der Waals surface area contributed by atoms with Gasteiger partial charge in [-0.1, -0.05) is 41.0 Å². The number of hydrogen-bond donors (Lipinski definition) is 0. The van der Waals surface area contributed by atoms with Gasteiger partial charge in [-0.3, -0.25) is 0 Å². The first-order valence-electron chi connectivity index (χ1n) is 4.57. The lowest BCUT2D eigenvalue weighted by atomic mass is 9.88. The maximum absolute atomic E-state index is 2.36. The lowest BCUT2D eigenvalue weighted by molar-refractivity contribution is 0.327. The molecule has 0 heterocycles. The number of hydrogen-bond acceptors (Lipinski definition) is 0. The zero-order chi connectivity index (χ0) is 8.15. The number of rotatable bonds is 4. The average Bonchev–Trinajstić information content (AvgIpc) is 1.87. The zero-order valence-electron chi connectivity index (χ0n) is 8.15. The molecule has 0 bridgehead atoms. The van der Waals surface area contributed by atoms with Crippen molar-refractivity contribution in [2.24, 2.45) is 17.8 Å². The van der Waals surface area contributed by atoms with Gasteiger partial charge in [-0.05, 0) is 24.2 Å². The molecule has 2 unspecified atom stereocenters. The molecule has 0 spiro atoms. The lowest BCUT2D eigenvalue weighted by Gasteiger charge is -2.18. The van der Waals surface area contributed by atoms with Crippen LogP contribution in [-0.2, 0) is 0 Å². The largest absolute Gasteiger partial charge is 0.0651 e. The van der Waals surface area contributed by atoms with Gasteiger partial charge in [0.2, 0.25) is 0 Å². The van der Waals surface area contributed by atoms with Crippen LogP contribution in [0.1, 0.15) is 47.5 Å². The van der Waals surface area contributed by atoms with Crippen molar-refractivity contribution >= 4 is 0 Å². The molecule has 0 aliphatic heterocycles. The predicted octanol–water partition coefficient (Wildman–Crippen LogP) is 3.71. The highest BCUT2D eigenvalue weighted by Gasteiger charge is 2.09. The second-order valence-electron chi connectivity index (χ2n) is 3.97. The Balaban J connectivity index is 3.46. The normalized spacial score (nSPS) is 17.4. The first kappa shape index (κ1) is 10.0. The summed E-state index contributed by atoms with van der Waals surface area (Å²) >= 11 is 0. The molecule has 0 nitrogen and oxygen atoms in total. The summed E-state index contributed by atoms with van der Waals surface area (Å²) in [6.07, 6.45) is 2.73. The van der Waals surface area contributed by atoms with Crippen molar-refractivity contribution in [2.75, 3.05) is 0 Å². The molecule has 0 aliphatic rings. The van der Waals surface area contributed by atoms with Crippen LogP contribution in [0, 0.1) is 17.8 Å². The van der Waals surface area contributed by atoms with Crippen LogP contribution in [0.4, 0.5) is 0 Å². The van der Waals surface area contributed by atoms with E-state index in [2.05, 4.69) is 34.6 Å². The first-order chi connectivity index (χ1) is 4.57. The summed E-state index contributed by atoms with van der Waals surface area (Å²) in [5.41, 5.74) is 0. The van der Waals surface area contributed by atoms with Crippen molar-refractivity contribution in [1.82, 2.24) is 0 Å². The second kappa shape index (κ2) is 4.76. The highest BCUT2D eigenvalue weighted by atomic mass is 14.2. The van der Waals surface area contributed by atoms with E-state index >= 15 is 0 Å². The van der Waals surface area contributed by atoms with Crippen molar-refractivity contribution in [2.45, 2.75) is 47.5 Å². The van der Waals surface area contributed by atoms with Crippen molar-refractivity contribution < 1.29 is 0 Å². The van der Waals surface area contributed by atoms with Crippen LogP contribution in [-0.4, -0.2) is 0 Å². The van der Waals surface area contributed by atoms with E-state index in [9.17, 15) is 0 Å². The standard InChI is InChI=1S/C10H22/c1-6-9(4)7-10(5)8(2)3/h8-10H,6-7H2,1-5H3. The molecular weight excluding hydrogens is 120 g/mol. The smallest absolute Gasteiger partial charge is 0.0417 e. The SMILES string of the molecule is CCC(C)CC(C)C(C)C. The van der Waals surface area contributed by atoms with E-state index in [1.807, 2.05) is 0 Å². The van der Waals surface area contributed by atoms with Crippen molar-refractivity contribution in [3.63, 3.8) is 0 Å². The summed E-state index contributed by atoms with van der Waals surface area (Å²) in [6, 6.07) is 0. The Morgan fingerprint density at radius 3 is 1.80 bits per heavy atom. The fraction of sp³-hybridized carbons (Fsp3) is 1.00. The summed E-state index contributed by atoms with van der Waals surface area (Å²) in [5, 5.41) is 0. The second-order valence-corrected chi connectivity index (χ2v) is 3.97. The van der Waals surface area contributed by atoms with Crippen LogP contribution in [0.2, 0.25) is 0 Å². The Morgan fingerprint density at radius 2 is 1.50 bits per heavy atom. The molecule has 0 saturated heterocycles. The van der Waals surface area contributed by atoms with Gasteiger partial charge in [0.05, 0.1) is 0 Å². The van der Waals surface area contributed by atoms with Gasteiger partial charge in [0.15, 0.2) is 0 Å². The molecule has 0 fully saturated rings. The van der Waals surface area contributed by atoms with Gasteiger partial charge in [-0.15, -0.1) is 0 Å². The summed E-state index contributed by atoms with van der Waals surface area (Å²) < 4.78 is 0. The molecule has 62 valence electrons. The van der Waals surface area contributed by atoms with Crippen molar-refractivity contribution in [3.8, 4) is 0 Å². The molecular formula is C10H22. The molecule has 2 atom stereocenters. The molecule has 0 saturated carbocycles. The van der Waals surface area contributed by atoms with E-state index in [0.29, 0.717) is 0 Å². The van der Waals surface area contributed by atoms with Gasteiger partial charge in [0, 0.05) is 0 Å². The summed E-state index contributed by atoms with van der Waals surface area (Å²) in [4.78, 5) is 0. The first-order valence-corrected chi connectivity index (χ1v) is 4.57. The highest BCUT2D eigenvalue weighted by Crippen LogP contribution is 2.20. The molecule has 0 N–H and O–H groups in total. The van der Waals surface area contributed by atoms with Gasteiger partial charge < -0.3 is 0 Å². The molecule has 0 rings (SSSR count). The van der Waals surface area contributed by atoms with E-state index in [1.54, 1.807) is 0 Å². The van der Waals surface area contributed by atoms with Crippen LogP contribution < -0.4 is 0 Å². The third-order valence-corrected chi connectivity index (χ3v) is 2.61. The average molecular weight is 142 g/mol. The van der Waals surface area contributed by atoms with E-state index in [-0.39, 0.29) is 0 Å². The molecule has 10 heavy (non-hydrogen) atoms. The van der Waals surface area contributed by atoms with Crippen molar-refractivity contribution in [3.05, 3.63) is 0 Å². The Hall–Kier alpha value is 0. The minimum atomic E-state index is 0.856. The maximum atomic E-state index is 2.36. The van der Waals surface area contributed by atoms with Crippen LogP contribution in [0.5, 0.6) is 0 Å². The Bertz CT molecular complexity index is 74.1. The minimum absolute atomic E-state index is 0.856. The van der Waals surface area contributed by atoms with Crippen LogP contribution in [0.3, 0.4) is 0 Å². The van der Waals surface area contributed by atoms with Gasteiger partial charge in [0.1, 0.15) is 0 Å². The Labute approximate surface area is 66.0 Å². The van der Waals surface area contributed by atoms with Crippen LogP contribution in [0.15, 0.2) is 0 Å². The fourth-order valence-corrected chi connectivity index (χ4v) is 1.07. The summed E-state index contributed by atoms with van der Waals surface area (Å²) in [5.74, 6) is 2.67. The highest BCUT2D eigenvalue weighted by molar-refractivity contribution is 4.60. The van der Waals surface area contributed by atoms with Gasteiger partial charge in [-0.2, -0.15) is 0 Å². The third kappa shape index (κ3) is 3.92. The Kier molecular flexibility index (Phi) is 4.76. The molecule has 0 aromatic heterocycles. The minimum Gasteiger partial charge on any atom is -0.0651 e. The quantitative estimate of drug-likeness (QED) is 0.561. The van der Waals surface area contributed by atoms with E-state index in [4.69, 9.17) is 0 Å². The van der Waals surface area contributed by atoms with Crippen LogP contribution >= 0.6 is 0 Å². The maximum Gasteiger partial charge on any atom is -0.0417 e. The third-order valence-electron chi connectivity index (χ3n) is 2.61. The monoisotopic (exact) mass is 142 g/mol.